The van der Waals surface area contributed by atoms with Crippen molar-refractivity contribution in [2.75, 3.05) is 33.4 Å². The number of likely N-dealkylation sites (N-methyl/N-ethyl adjacent to an activating group) is 1. The zero-order chi connectivity index (χ0) is 11.5. The fourth-order valence-electron chi connectivity index (χ4n) is 1.85. The van der Waals surface area contributed by atoms with E-state index in [0.29, 0.717) is 12.1 Å². The smallest absolute Gasteiger partial charge is 0.0674 e. The third-order valence-electron chi connectivity index (χ3n) is 3.24. The summed E-state index contributed by atoms with van der Waals surface area (Å²) in [5.41, 5.74) is -0.217. The van der Waals surface area contributed by atoms with Gasteiger partial charge in [0.25, 0.3) is 0 Å². The Balaban J connectivity index is 2.54. The Morgan fingerprint density at radius 2 is 2.20 bits per heavy atom. The molecule has 4 heteroatoms. The van der Waals surface area contributed by atoms with Crippen LogP contribution in [0, 0.1) is 0 Å². The van der Waals surface area contributed by atoms with Gasteiger partial charge in [0, 0.05) is 19.1 Å². The molecule has 1 aliphatic heterocycles. The summed E-state index contributed by atoms with van der Waals surface area (Å²) in [6.07, 6.45) is 0.293. The first kappa shape index (κ1) is 12.9. The van der Waals surface area contributed by atoms with Crippen molar-refractivity contribution in [3.8, 4) is 0 Å². The highest BCUT2D eigenvalue weighted by Gasteiger charge is 2.30. The third kappa shape index (κ3) is 3.41. The van der Waals surface area contributed by atoms with E-state index in [0.717, 1.165) is 19.7 Å². The van der Waals surface area contributed by atoms with Gasteiger partial charge >= 0.3 is 0 Å². The first-order chi connectivity index (χ1) is 7.00. The number of morpholine rings is 1. The number of rotatable bonds is 4. The molecule has 0 amide bonds. The van der Waals surface area contributed by atoms with E-state index >= 15 is 0 Å². The van der Waals surface area contributed by atoms with Gasteiger partial charge in [0.05, 0.1) is 24.9 Å². The number of nitrogens with zero attached hydrogens (tertiary/aromatic N) is 1. The van der Waals surface area contributed by atoms with Gasteiger partial charge in [-0.25, -0.2) is 0 Å². The number of aliphatic hydroxyl groups excluding tert-OH is 1. The van der Waals surface area contributed by atoms with Crippen molar-refractivity contribution in [1.82, 2.24) is 10.2 Å². The molecule has 1 aliphatic rings. The van der Waals surface area contributed by atoms with Gasteiger partial charge in [-0.1, -0.05) is 0 Å². The van der Waals surface area contributed by atoms with Crippen LogP contribution in [0.15, 0.2) is 0 Å². The molecule has 0 bridgehead atoms. The predicted octanol–water partition coefficient (Wildman–Crippen LogP) is 0.0660. The molecule has 0 spiro atoms. The van der Waals surface area contributed by atoms with Gasteiger partial charge in [0.1, 0.15) is 0 Å². The summed E-state index contributed by atoms with van der Waals surface area (Å²) >= 11 is 0. The quantitative estimate of drug-likeness (QED) is 0.698. The van der Waals surface area contributed by atoms with E-state index in [1.807, 2.05) is 14.0 Å². The van der Waals surface area contributed by atoms with Crippen LogP contribution in [-0.4, -0.2) is 61.0 Å². The third-order valence-corrected chi connectivity index (χ3v) is 3.24. The van der Waals surface area contributed by atoms with Crippen LogP contribution in [0.25, 0.3) is 0 Å². The SMILES string of the molecule is CNC(C)(CO)CN1CC(C)OCC1C. The van der Waals surface area contributed by atoms with Crippen molar-refractivity contribution < 1.29 is 9.84 Å². The van der Waals surface area contributed by atoms with Crippen LogP contribution in [0.5, 0.6) is 0 Å². The van der Waals surface area contributed by atoms with E-state index in [2.05, 4.69) is 24.1 Å². The minimum absolute atomic E-state index is 0.155. The average molecular weight is 216 g/mol. The number of hydrogen-bond donors (Lipinski definition) is 2. The second kappa shape index (κ2) is 5.25. The molecule has 0 aliphatic carbocycles. The Morgan fingerprint density at radius 1 is 1.53 bits per heavy atom. The highest BCUT2D eigenvalue weighted by Crippen LogP contribution is 2.15. The molecule has 0 saturated carbocycles. The molecule has 90 valence electrons. The minimum Gasteiger partial charge on any atom is -0.394 e. The average Bonchev–Trinajstić information content (AvgIpc) is 2.23. The summed E-state index contributed by atoms with van der Waals surface area (Å²) in [7, 11) is 1.89. The monoisotopic (exact) mass is 216 g/mol. The van der Waals surface area contributed by atoms with Crippen molar-refractivity contribution in [2.45, 2.75) is 38.5 Å². The molecule has 1 rings (SSSR count). The summed E-state index contributed by atoms with van der Waals surface area (Å²) in [6, 6.07) is 0.431. The van der Waals surface area contributed by atoms with Crippen molar-refractivity contribution in [2.24, 2.45) is 0 Å². The topological polar surface area (TPSA) is 44.7 Å². The number of hydrogen-bond acceptors (Lipinski definition) is 4. The number of aliphatic hydroxyl groups is 1. The highest BCUT2D eigenvalue weighted by molar-refractivity contribution is 4.88. The zero-order valence-corrected chi connectivity index (χ0v) is 10.3. The van der Waals surface area contributed by atoms with Crippen LogP contribution in [0.2, 0.25) is 0 Å². The van der Waals surface area contributed by atoms with Gasteiger partial charge in [-0.2, -0.15) is 0 Å². The fraction of sp³-hybridized carbons (Fsp3) is 1.00. The Kier molecular flexibility index (Phi) is 4.52. The highest BCUT2D eigenvalue weighted by atomic mass is 16.5. The molecule has 0 radical (unpaired) electrons. The summed E-state index contributed by atoms with van der Waals surface area (Å²) in [5, 5.41) is 12.5. The minimum atomic E-state index is -0.217. The molecule has 3 unspecified atom stereocenters. The summed E-state index contributed by atoms with van der Waals surface area (Å²) in [5.74, 6) is 0. The Morgan fingerprint density at radius 3 is 2.73 bits per heavy atom. The zero-order valence-electron chi connectivity index (χ0n) is 10.3. The second-order valence-electron chi connectivity index (χ2n) is 4.89. The van der Waals surface area contributed by atoms with Gasteiger partial charge in [-0.05, 0) is 27.8 Å². The normalized spacial score (nSPS) is 32.6. The second-order valence-corrected chi connectivity index (χ2v) is 4.89. The first-order valence-corrected chi connectivity index (χ1v) is 5.66. The predicted molar refractivity (Wildman–Crippen MR) is 61.0 cm³/mol. The van der Waals surface area contributed by atoms with E-state index in [4.69, 9.17) is 4.74 Å². The van der Waals surface area contributed by atoms with Crippen molar-refractivity contribution in [3.05, 3.63) is 0 Å². The fourth-order valence-corrected chi connectivity index (χ4v) is 1.85. The Hall–Kier alpha value is -0.160. The first-order valence-electron chi connectivity index (χ1n) is 5.66. The van der Waals surface area contributed by atoms with Crippen LogP contribution in [0.4, 0.5) is 0 Å². The summed E-state index contributed by atoms with van der Waals surface area (Å²) in [6.45, 7) is 9.04. The maximum Gasteiger partial charge on any atom is 0.0674 e. The molecule has 0 aromatic heterocycles. The van der Waals surface area contributed by atoms with Crippen LogP contribution in [-0.2, 0) is 4.74 Å². The van der Waals surface area contributed by atoms with Crippen LogP contribution >= 0.6 is 0 Å². The lowest BCUT2D eigenvalue weighted by Gasteiger charge is -2.41. The lowest BCUT2D eigenvalue weighted by atomic mass is 10.0. The molecule has 0 aromatic rings. The molecule has 15 heavy (non-hydrogen) atoms. The lowest BCUT2D eigenvalue weighted by molar-refractivity contribution is -0.0599. The van der Waals surface area contributed by atoms with E-state index in [-0.39, 0.29) is 12.1 Å². The van der Waals surface area contributed by atoms with Gasteiger partial charge in [-0.3, -0.25) is 4.90 Å². The van der Waals surface area contributed by atoms with Gasteiger partial charge < -0.3 is 15.2 Å². The van der Waals surface area contributed by atoms with Crippen molar-refractivity contribution in [1.29, 1.82) is 0 Å². The molecule has 0 aromatic carbocycles. The summed E-state index contributed by atoms with van der Waals surface area (Å²) < 4.78 is 5.58. The maximum absolute atomic E-state index is 9.35. The molecule has 1 saturated heterocycles. The van der Waals surface area contributed by atoms with E-state index < -0.39 is 0 Å². The molecule has 2 N–H and O–H groups in total. The molecule has 4 nitrogen and oxygen atoms in total. The molecular weight excluding hydrogens is 192 g/mol. The van der Waals surface area contributed by atoms with E-state index in [9.17, 15) is 5.11 Å². The molecule has 1 heterocycles. The number of nitrogens with one attached hydrogen (secondary N) is 1. The van der Waals surface area contributed by atoms with Crippen LogP contribution in [0.3, 0.4) is 0 Å². The molecule has 3 atom stereocenters. The van der Waals surface area contributed by atoms with Crippen molar-refractivity contribution >= 4 is 0 Å². The standard InChI is InChI=1S/C11H24N2O2/c1-9-6-15-10(2)5-13(9)7-11(3,8-14)12-4/h9-10,12,14H,5-8H2,1-4H3. The van der Waals surface area contributed by atoms with Crippen LogP contribution in [0.1, 0.15) is 20.8 Å². The van der Waals surface area contributed by atoms with Gasteiger partial charge in [0.15, 0.2) is 0 Å². The van der Waals surface area contributed by atoms with Crippen molar-refractivity contribution in [3.63, 3.8) is 0 Å². The maximum atomic E-state index is 9.35. The van der Waals surface area contributed by atoms with E-state index in [1.165, 1.54) is 0 Å². The number of ether oxygens (including phenoxy) is 1. The Labute approximate surface area is 92.6 Å². The van der Waals surface area contributed by atoms with Gasteiger partial charge in [0.2, 0.25) is 0 Å². The largest absolute Gasteiger partial charge is 0.394 e. The lowest BCUT2D eigenvalue weighted by Crippen LogP contribution is -2.58. The molecule has 1 fully saturated rings. The summed E-state index contributed by atoms with van der Waals surface area (Å²) in [4.78, 5) is 2.38. The molecular formula is C11H24N2O2. The van der Waals surface area contributed by atoms with E-state index in [1.54, 1.807) is 0 Å². The van der Waals surface area contributed by atoms with Gasteiger partial charge in [-0.15, -0.1) is 0 Å². The Bertz CT molecular complexity index is 195. The van der Waals surface area contributed by atoms with Crippen LogP contribution < -0.4 is 5.32 Å².